The molecule has 0 aliphatic rings. The van der Waals surface area contributed by atoms with Gasteiger partial charge in [-0.05, 0) is 97.5 Å². The highest BCUT2D eigenvalue weighted by atomic mass is 14.7. The van der Waals surface area contributed by atoms with Gasteiger partial charge in [0.1, 0.15) is 0 Å². The fourth-order valence-corrected chi connectivity index (χ4v) is 7.45. The second-order valence-electron chi connectivity index (χ2n) is 12.8. The molecule has 0 spiro atoms. The number of hydrogen-bond acceptors (Lipinski definition) is 3. The summed E-state index contributed by atoms with van der Waals surface area (Å²) in [6, 6.07) is 58.3. The van der Waals surface area contributed by atoms with Crippen LogP contribution in [0.2, 0.25) is 0 Å². The summed E-state index contributed by atoms with van der Waals surface area (Å²) in [5, 5.41) is 9.59. The average Bonchev–Trinajstić information content (AvgIpc) is 3.19. The van der Waals surface area contributed by atoms with Crippen LogP contribution >= 0.6 is 0 Å². The Morgan fingerprint density at radius 3 is 1.88 bits per heavy atom. The summed E-state index contributed by atoms with van der Waals surface area (Å²) < 4.78 is 0. The van der Waals surface area contributed by atoms with E-state index in [9.17, 15) is 0 Å². The Balaban J connectivity index is 1.18. The lowest BCUT2D eigenvalue weighted by Gasteiger charge is -2.15. The molecule has 0 aliphatic heterocycles. The van der Waals surface area contributed by atoms with E-state index in [1.807, 2.05) is 30.6 Å². The van der Waals surface area contributed by atoms with Crippen LogP contribution in [0, 0.1) is 0 Å². The predicted octanol–water partition coefficient (Wildman–Crippen LogP) is 12.3. The molecule has 0 unspecified atom stereocenters. The molecule has 0 aliphatic carbocycles. The SMILES string of the molecule is c1ccc2cc(-c3cc(-c4ccc(-c5ccnc6ccccc56)nc4)c4cc(-c5cc6ccccc6c6ccccc56)ccc4n3)ccc2c1. The molecule has 10 rings (SSSR count). The van der Waals surface area contributed by atoms with Gasteiger partial charge < -0.3 is 0 Å². The van der Waals surface area contributed by atoms with Gasteiger partial charge in [0.2, 0.25) is 0 Å². The first-order valence-electron chi connectivity index (χ1n) is 16.9. The molecule has 232 valence electrons. The van der Waals surface area contributed by atoms with Gasteiger partial charge in [-0.3, -0.25) is 9.97 Å². The summed E-state index contributed by atoms with van der Waals surface area (Å²) in [4.78, 5) is 14.8. The topological polar surface area (TPSA) is 38.7 Å². The molecule has 10 aromatic rings. The molecule has 0 saturated heterocycles. The molecule has 0 radical (unpaired) electrons. The Kier molecular flexibility index (Phi) is 6.49. The summed E-state index contributed by atoms with van der Waals surface area (Å²) in [6.45, 7) is 0. The number of benzene rings is 7. The Bertz CT molecular complexity index is 2920. The van der Waals surface area contributed by atoms with E-state index in [2.05, 4.69) is 151 Å². The maximum atomic E-state index is 5.26. The van der Waals surface area contributed by atoms with Gasteiger partial charge in [0.25, 0.3) is 0 Å². The third kappa shape index (κ3) is 4.71. The lowest BCUT2D eigenvalue weighted by molar-refractivity contribution is 1.32. The number of nitrogens with zero attached hydrogens (tertiary/aromatic N) is 3. The van der Waals surface area contributed by atoms with Gasteiger partial charge in [0.15, 0.2) is 0 Å². The monoisotopic (exact) mass is 635 g/mol. The molecule has 3 heteroatoms. The van der Waals surface area contributed by atoms with Gasteiger partial charge in [0.05, 0.1) is 22.4 Å². The Hall–Kier alpha value is -6.71. The largest absolute Gasteiger partial charge is 0.256 e. The van der Waals surface area contributed by atoms with Crippen LogP contribution in [0.4, 0.5) is 0 Å². The summed E-state index contributed by atoms with van der Waals surface area (Å²) in [7, 11) is 0. The molecular formula is C47H29N3. The van der Waals surface area contributed by atoms with Crippen LogP contribution in [0.1, 0.15) is 0 Å². The molecule has 3 nitrogen and oxygen atoms in total. The van der Waals surface area contributed by atoms with E-state index in [1.54, 1.807) is 0 Å². The summed E-state index contributed by atoms with van der Waals surface area (Å²) in [6.07, 6.45) is 3.86. The van der Waals surface area contributed by atoms with E-state index in [0.717, 1.165) is 61.0 Å². The van der Waals surface area contributed by atoms with Crippen LogP contribution in [-0.2, 0) is 0 Å². The molecule has 3 heterocycles. The summed E-state index contributed by atoms with van der Waals surface area (Å²) in [5.41, 5.74) is 10.4. The minimum atomic E-state index is 0.920. The van der Waals surface area contributed by atoms with Crippen molar-refractivity contribution in [3.63, 3.8) is 0 Å². The van der Waals surface area contributed by atoms with Gasteiger partial charge in [-0.25, -0.2) is 4.98 Å². The van der Waals surface area contributed by atoms with Gasteiger partial charge in [0, 0.05) is 39.9 Å². The Morgan fingerprint density at radius 1 is 0.320 bits per heavy atom. The van der Waals surface area contributed by atoms with Crippen molar-refractivity contribution in [2.45, 2.75) is 0 Å². The van der Waals surface area contributed by atoms with Crippen LogP contribution in [0.5, 0.6) is 0 Å². The van der Waals surface area contributed by atoms with E-state index in [0.29, 0.717) is 0 Å². The van der Waals surface area contributed by atoms with Crippen molar-refractivity contribution in [2.24, 2.45) is 0 Å². The van der Waals surface area contributed by atoms with E-state index < -0.39 is 0 Å². The van der Waals surface area contributed by atoms with Crippen molar-refractivity contribution in [1.29, 1.82) is 0 Å². The molecule has 7 aromatic carbocycles. The third-order valence-electron chi connectivity index (χ3n) is 9.93. The maximum absolute atomic E-state index is 5.26. The first kappa shape index (κ1) is 28.3. The Morgan fingerprint density at radius 2 is 1.02 bits per heavy atom. The highest BCUT2D eigenvalue weighted by Crippen LogP contribution is 2.39. The number of aromatic nitrogens is 3. The standard InChI is InChI=1S/C47H29N3/c1-2-10-31-25-34(18-17-30(31)9-1)47-28-42(35-20-21-45(49-29-35)40-23-24-48-44-16-8-7-15-39(40)44)43-27-33(19-22-46(43)50-47)41-26-32-11-3-4-12-36(32)37-13-5-6-14-38(37)41/h1-29H. The summed E-state index contributed by atoms with van der Waals surface area (Å²) in [5.74, 6) is 0. The van der Waals surface area contributed by atoms with Crippen LogP contribution < -0.4 is 0 Å². The smallest absolute Gasteiger partial charge is 0.0716 e. The zero-order chi connectivity index (χ0) is 33.0. The molecule has 0 saturated carbocycles. The number of para-hydroxylation sites is 1. The summed E-state index contributed by atoms with van der Waals surface area (Å²) >= 11 is 0. The zero-order valence-electron chi connectivity index (χ0n) is 27.1. The highest BCUT2D eigenvalue weighted by molar-refractivity contribution is 6.14. The maximum Gasteiger partial charge on any atom is 0.0716 e. The first-order valence-corrected chi connectivity index (χ1v) is 16.9. The molecule has 50 heavy (non-hydrogen) atoms. The lowest BCUT2D eigenvalue weighted by atomic mass is 9.91. The van der Waals surface area contributed by atoms with Crippen molar-refractivity contribution in [3.05, 3.63) is 176 Å². The van der Waals surface area contributed by atoms with E-state index in [1.165, 1.54) is 37.9 Å². The van der Waals surface area contributed by atoms with Crippen LogP contribution in [0.25, 0.3) is 98.9 Å². The van der Waals surface area contributed by atoms with Crippen LogP contribution in [0.3, 0.4) is 0 Å². The number of fused-ring (bicyclic) bond motifs is 6. The average molecular weight is 636 g/mol. The molecular weight excluding hydrogens is 607 g/mol. The van der Waals surface area contributed by atoms with Gasteiger partial charge in [-0.2, -0.15) is 0 Å². The first-order chi connectivity index (χ1) is 24.8. The number of rotatable bonds is 4. The predicted molar refractivity (Wildman–Crippen MR) is 209 cm³/mol. The third-order valence-corrected chi connectivity index (χ3v) is 9.93. The molecule has 3 aromatic heterocycles. The number of hydrogen-bond donors (Lipinski definition) is 0. The molecule has 0 atom stereocenters. The lowest BCUT2D eigenvalue weighted by Crippen LogP contribution is -1.93. The van der Waals surface area contributed by atoms with Gasteiger partial charge >= 0.3 is 0 Å². The van der Waals surface area contributed by atoms with E-state index >= 15 is 0 Å². The minimum absolute atomic E-state index is 0.920. The molecule has 0 bridgehead atoms. The second-order valence-corrected chi connectivity index (χ2v) is 12.8. The van der Waals surface area contributed by atoms with Gasteiger partial charge in [-0.15, -0.1) is 0 Å². The molecule has 0 N–H and O–H groups in total. The van der Waals surface area contributed by atoms with Gasteiger partial charge in [-0.1, -0.05) is 115 Å². The van der Waals surface area contributed by atoms with Crippen molar-refractivity contribution in [2.75, 3.05) is 0 Å². The highest BCUT2D eigenvalue weighted by Gasteiger charge is 2.15. The zero-order valence-corrected chi connectivity index (χ0v) is 27.1. The van der Waals surface area contributed by atoms with E-state index in [-0.39, 0.29) is 0 Å². The van der Waals surface area contributed by atoms with E-state index in [4.69, 9.17) is 9.97 Å². The van der Waals surface area contributed by atoms with Crippen molar-refractivity contribution < 1.29 is 0 Å². The van der Waals surface area contributed by atoms with Crippen molar-refractivity contribution in [3.8, 4) is 44.8 Å². The molecule has 0 amide bonds. The molecule has 0 fully saturated rings. The van der Waals surface area contributed by atoms with Crippen LogP contribution in [0.15, 0.2) is 176 Å². The Labute approximate surface area is 289 Å². The normalized spacial score (nSPS) is 11.6. The fraction of sp³-hybridized carbons (Fsp3) is 0. The van der Waals surface area contributed by atoms with Crippen LogP contribution in [-0.4, -0.2) is 15.0 Å². The fourth-order valence-electron chi connectivity index (χ4n) is 7.45. The number of pyridine rings is 3. The quantitative estimate of drug-likeness (QED) is 0.181. The minimum Gasteiger partial charge on any atom is -0.256 e. The van der Waals surface area contributed by atoms with Crippen molar-refractivity contribution >= 4 is 54.1 Å². The second kappa shape index (κ2) is 11.5. The van der Waals surface area contributed by atoms with Crippen molar-refractivity contribution in [1.82, 2.24) is 15.0 Å².